The Balaban J connectivity index is 1.97. The van der Waals surface area contributed by atoms with E-state index in [0.717, 1.165) is 26.0 Å². The molecule has 4 nitrogen and oxygen atoms in total. The van der Waals surface area contributed by atoms with Crippen LogP contribution in [0, 0.1) is 6.92 Å². The van der Waals surface area contributed by atoms with E-state index in [1.807, 2.05) is 6.92 Å². The summed E-state index contributed by atoms with van der Waals surface area (Å²) in [6.45, 7) is 1.29. The summed E-state index contributed by atoms with van der Waals surface area (Å²) < 4.78 is 26.9. The fraction of sp³-hybridized carbons (Fsp3) is 0.308. The number of anilines is 1. The van der Waals surface area contributed by atoms with Gasteiger partial charge in [-0.15, -0.1) is 11.3 Å². The molecular weight excluding hydrogens is 318 g/mol. The fourth-order valence-corrected chi connectivity index (χ4v) is 3.85. The van der Waals surface area contributed by atoms with Crippen LogP contribution >= 0.6 is 22.9 Å². The summed E-state index contributed by atoms with van der Waals surface area (Å²) in [7, 11) is 0. The molecule has 4 heterocycles. The van der Waals surface area contributed by atoms with Crippen molar-refractivity contribution in [3.05, 3.63) is 23.1 Å². The molecule has 4 rings (SSSR count). The van der Waals surface area contributed by atoms with Gasteiger partial charge in [-0.1, -0.05) is 11.6 Å². The van der Waals surface area contributed by atoms with Crippen LogP contribution in [0.15, 0.2) is 12.5 Å². The summed E-state index contributed by atoms with van der Waals surface area (Å²) >= 11 is 7.52. The minimum atomic E-state index is -2.63. The number of hydrogen-bond acceptors (Lipinski definition) is 5. The molecule has 0 spiro atoms. The van der Waals surface area contributed by atoms with Crippen molar-refractivity contribution in [1.29, 1.82) is 0 Å². The van der Waals surface area contributed by atoms with Gasteiger partial charge in [0.1, 0.15) is 11.2 Å². The number of rotatable bonds is 1. The lowest BCUT2D eigenvalue weighted by Gasteiger charge is -2.39. The highest BCUT2D eigenvalue weighted by Crippen LogP contribution is 2.41. The Kier molecular flexibility index (Phi) is 2.62. The van der Waals surface area contributed by atoms with Crippen LogP contribution in [0.3, 0.4) is 0 Å². The van der Waals surface area contributed by atoms with Gasteiger partial charge in [-0.25, -0.2) is 23.7 Å². The maximum absolute atomic E-state index is 13.1. The number of alkyl halides is 2. The first-order valence-corrected chi connectivity index (χ1v) is 7.47. The third kappa shape index (κ3) is 1.87. The van der Waals surface area contributed by atoms with Crippen molar-refractivity contribution >= 4 is 49.2 Å². The van der Waals surface area contributed by atoms with Gasteiger partial charge in [-0.2, -0.15) is 0 Å². The van der Waals surface area contributed by atoms with E-state index in [2.05, 4.69) is 15.0 Å². The summed E-state index contributed by atoms with van der Waals surface area (Å²) in [5.41, 5.74) is 1.62. The Bertz CT molecular complexity index is 871. The van der Waals surface area contributed by atoms with E-state index >= 15 is 0 Å². The average Bonchev–Trinajstić information content (AvgIpc) is 2.79. The topological polar surface area (TPSA) is 41.9 Å². The second kappa shape index (κ2) is 4.20. The molecule has 3 aromatic heterocycles. The monoisotopic (exact) mass is 326 g/mol. The molecule has 0 unspecified atom stereocenters. The lowest BCUT2D eigenvalue weighted by molar-refractivity contribution is -0.0265. The minimum Gasteiger partial charge on any atom is -0.343 e. The van der Waals surface area contributed by atoms with Crippen molar-refractivity contribution in [1.82, 2.24) is 15.0 Å². The van der Waals surface area contributed by atoms with E-state index in [4.69, 9.17) is 11.6 Å². The molecule has 0 N–H and O–H groups in total. The molecule has 8 heteroatoms. The Morgan fingerprint density at radius 2 is 2.05 bits per heavy atom. The van der Waals surface area contributed by atoms with Crippen LogP contribution in [-0.4, -0.2) is 34.0 Å². The SMILES string of the molecule is Cc1c(Cl)cnc2sc3c(N4CC(F)(F)C4)ncnc3c12. The van der Waals surface area contributed by atoms with Crippen molar-refractivity contribution in [2.45, 2.75) is 12.8 Å². The van der Waals surface area contributed by atoms with Gasteiger partial charge in [0.2, 0.25) is 0 Å². The number of aryl methyl sites for hydroxylation is 1. The summed E-state index contributed by atoms with van der Waals surface area (Å²) in [5.74, 6) is -2.09. The van der Waals surface area contributed by atoms with Crippen LogP contribution in [0.25, 0.3) is 20.4 Å². The first kappa shape index (κ1) is 13.1. The molecule has 21 heavy (non-hydrogen) atoms. The van der Waals surface area contributed by atoms with Crippen LogP contribution in [-0.2, 0) is 0 Å². The Morgan fingerprint density at radius 3 is 2.76 bits per heavy atom. The zero-order chi connectivity index (χ0) is 14.8. The Hall–Kier alpha value is -1.60. The molecular formula is C13H9ClF2N4S. The summed E-state index contributed by atoms with van der Waals surface area (Å²) in [6.07, 6.45) is 3.00. The number of pyridine rings is 1. The number of hydrogen-bond donors (Lipinski definition) is 0. The predicted molar refractivity (Wildman–Crippen MR) is 79.6 cm³/mol. The lowest BCUT2D eigenvalue weighted by Crippen LogP contribution is -2.56. The molecule has 0 aliphatic carbocycles. The van der Waals surface area contributed by atoms with Crippen LogP contribution in [0.5, 0.6) is 0 Å². The standard InChI is InChI=1S/C13H9ClF2N4S/c1-6-7(14)2-17-12-8(6)9-10(21-12)11(19-5-18-9)20-3-13(15,16)4-20/h2,5H,3-4H2,1H3. The van der Waals surface area contributed by atoms with Crippen LogP contribution < -0.4 is 4.90 Å². The summed E-state index contributed by atoms with van der Waals surface area (Å²) in [5, 5.41) is 1.44. The van der Waals surface area contributed by atoms with E-state index in [0.29, 0.717) is 10.8 Å². The summed E-state index contributed by atoms with van der Waals surface area (Å²) in [4.78, 5) is 15.1. The average molecular weight is 327 g/mol. The van der Waals surface area contributed by atoms with Gasteiger partial charge >= 0.3 is 0 Å². The zero-order valence-electron chi connectivity index (χ0n) is 10.9. The minimum absolute atomic E-state index is 0.305. The second-order valence-electron chi connectivity index (χ2n) is 5.10. The highest BCUT2D eigenvalue weighted by atomic mass is 35.5. The molecule has 1 aliphatic rings. The van der Waals surface area contributed by atoms with Crippen molar-refractivity contribution < 1.29 is 8.78 Å². The number of halogens is 3. The third-order valence-electron chi connectivity index (χ3n) is 3.61. The van der Waals surface area contributed by atoms with Crippen molar-refractivity contribution in [2.24, 2.45) is 0 Å². The smallest absolute Gasteiger partial charge is 0.282 e. The van der Waals surface area contributed by atoms with Gasteiger partial charge in [0, 0.05) is 11.6 Å². The van der Waals surface area contributed by atoms with Gasteiger partial charge in [0.05, 0.1) is 28.3 Å². The number of fused-ring (bicyclic) bond motifs is 3. The lowest BCUT2D eigenvalue weighted by atomic mass is 10.1. The molecule has 0 bridgehead atoms. The van der Waals surface area contributed by atoms with Gasteiger partial charge in [-0.3, -0.25) is 0 Å². The van der Waals surface area contributed by atoms with Gasteiger partial charge < -0.3 is 4.90 Å². The number of nitrogens with zero attached hydrogens (tertiary/aromatic N) is 4. The van der Waals surface area contributed by atoms with Crippen molar-refractivity contribution in [2.75, 3.05) is 18.0 Å². The van der Waals surface area contributed by atoms with Crippen LogP contribution in [0.1, 0.15) is 5.56 Å². The Morgan fingerprint density at radius 1 is 1.29 bits per heavy atom. The van der Waals surface area contributed by atoms with E-state index in [1.54, 1.807) is 11.1 Å². The van der Waals surface area contributed by atoms with Gasteiger partial charge in [0.15, 0.2) is 5.82 Å². The van der Waals surface area contributed by atoms with E-state index < -0.39 is 5.92 Å². The first-order chi connectivity index (χ1) is 9.96. The molecule has 108 valence electrons. The third-order valence-corrected chi connectivity index (χ3v) is 5.07. The highest BCUT2D eigenvalue weighted by Gasteiger charge is 2.45. The van der Waals surface area contributed by atoms with E-state index in [9.17, 15) is 8.78 Å². The molecule has 1 saturated heterocycles. The number of thiophene rings is 1. The molecule has 1 aliphatic heterocycles. The van der Waals surface area contributed by atoms with E-state index in [1.165, 1.54) is 17.7 Å². The predicted octanol–water partition coefficient (Wildman–Crippen LogP) is 3.66. The Labute approximate surface area is 127 Å². The molecule has 1 fully saturated rings. The van der Waals surface area contributed by atoms with Crippen LogP contribution in [0.2, 0.25) is 5.02 Å². The fourth-order valence-electron chi connectivity index (χ4n) is 2.53. The van der Waals surface area contributed by atoms with Crippen LogP contribution in [0.4, 0.5) is 14.6 Å². The molecule has 3 aromatic rings. The molecule has 0 radical (unpaired) electrons. The summed E-state index contributed by atoms with van der Waals surface area (Å²) in [6, 6.07) is 0. The normalized spacial score (nSPS) is 17.4. The van der Waals surface area contributed by atoms with E-state index in [-0.39, 0.29) is 13.1 Å². The van der Waals surface area contributed by atoms with Crippen molar-refractivity contribution in [3.8, 4) is 0 Å². The molecule has 0 aromatic carbocycles. The quantitative estimate of drug-likeness (QED) is 0.684. The molecule has 0 amide bonds. The number of aromatic nitrogens is 3. The zero-order valence-corrected chi connectivity index (χ0v) is 12.5. The molecule has 0 atom stereocenters. The van der Waals surface area contributed by atoms with Gasteiger partial charge in [-0.05, 0) is 12.5 Å². The van der Waals surface area contributed by atoms with Gasteiger partial charge in [0.25, 0.3) is 5.92 Å². The van der Waals surface area contributed by atoms with Crippen molar-refractivity contribution in [3.63, 3.8) is 0 Å². The molecule has 0 saturated carbocycles. The first-order valence-electron chi connectivity index (χ1n) is 6.27. The highest BCUT2D eigenvalue weighted by molar-refractivity contribution is 7.26. The maximum Gasteiger partial charge on any atom is 0.282 e. The maximum atomic E-state index is 13.1. The second-order valence-corrected chi connectivity index (χ2v) is 6.51. The largest absolute Gasteiger partial charge is 0.343 e.